The number of primary sulfonamides is 1. The van der Waals surface area contributed by atoms with Gasteiger partial charge in [-0.1, -0.05) is 6.08 Å². The van der Waals surface area contributed by atoms with Crippen LogP contribution in [0.1, 0.15) is 12.8 Å². The van der Waals surface area contributed by atoms with Crippen LogP contribution < -0.4 is 5.14 Å². The van der Waals surface area contributed by atoms with Gasteiger partial charge in [-0.2, -0.15) is 0 Å². The van der Waals surface area contributed by atoms with Crippen molar-refractivity contribution in [2.45, 2.75) is 12.8 Å². The van der Waals surface area contributed by atoms with Crippen molar-refractivity contribution < 1.29 is 16.8 Å². The molecule has 0 aromatic heterocycles. The van der Waals surface area contributed by atoms with E-state index in [0.717, 1.165) is 25.9 Å². The summed E-state index contributed by atoms with van der Waals surface area (Å²) >= 11 is 0. The van der Waals surface area contributed by atoms with Crippen molar-refractivity contribution in [3.63, 3.8) is 0 Å². The molecule has 15 heavy (non-hydrogen) atoms. The number of nitrogens with zero attached hydrogens (tertiary/aromatic N) is 1. The second-order valence-electron chi connectivity index (χ2n) is 3.02. The number of rotatable bonds is 3. The molecule has 0 bridgehead atoms. The molecule has 0 unspecified atom stereocenters. The molecule has 1 aliphatic rings. The van der Waals surface area contributed by atoms with Crippen LogP contribution in [-0.4, -0.2) is 40.0 Å². The highest BCUT2D eigenvalue weighted by atomic mass is 32.2. The topological polar surface area (TPSA) is 97.5 Å². The van der Waals surface area contributed by atoms with E-state index in [9.17, 15) is 16.8 Å². The molecular weight excluding hydrogens is 240 g/mol. The normalized spacial score (nSPS) is 17.2. The first-order valence-electron chi connectivity index (χ1n) is 4.37. The molecule has 0 saturated carbocycles. The molecule has 0 amide bonds. The van der Waals surface area contributed by atoms with Crippen molar-refractivity contribution in [3.8, 4) is 0 Å². The van der Waals surface area contributed by atoms with Crippen LogP contribution in [0.3, 0.4) is 0 Å². The Morgan fingerprint density at radius 2 is 1.80 bits per heavy atom. The average molecular weight is 256 g/mol. The van der Waals surface area contributed by atoms with Crippen LogP contribution in [0.15, 0.2) is 12.7 Å². The standard InChI is InChI=1S/C4H9NO2S.C3H7NO2S/c6-8(7)5-3-1-2-4-5;1-2-3-7(4,5)6/h8H,1-4H2;2H,1,3H2,(H2,4,5,6). The lowest BCUT2D eigenvalue weighted by Crippen LogP contribution is -2.15. The van der Waals surface area contributed by atoms with Gasteiger partial charge in [0.25, 0.3) is 0 Å². The highest BCUT2D eigenvalue weighted by Gasteiger charge is 2.11. The third kappa shape index (κ3) is 8.55. The van der Waals surface area contributed by atoms with Crippen LogP contribution in [0.5, 0.6) is 0 Å². The maximum Gasteiger partial charge on any atom is 0.212 e. The quantitative estimate of drug-likeness (QED) is 0.503. The Kier molecular flexibility index (Phi) is 6.73. The summed E-state index contributed by atoms with van der Waals surface area (Å²) in [4.78, 5) is 0. The van der Waals surface area contributed by atoms with E-state index < -0.39 is 20.9 Å². The molecule has 1 heterocycles. The summed E-state index contributed by atoms with van der Waals surface area (Å²) in [5.74, 6) is -0.146. The Labute approximate surface area is 91.9 Å². The van der Waals surface area contributed by atoms with Crippen LogP contribution in [0.25, 0.3) is 0 Å². The molecular formula is C7H16N2O4S2. The Morgan fingerprint density at radius 3 is 1.93 bits per heavy atom. The molecule has 8 heteroatoms. The molecule has 6 nitrogen and oxygen atoms in total. The Hall–Kier alpha value is -0.440. The molecule has 1 rings (SSSR count). The molecule has 90 valence electrons. The number of hydrogen-bond donors (Lipinski definition) is 2. The number of nitrogens with two attached hydrogens (primary N) is 1. The molecule has 1 aliphatic heterocycles. The van der Waals surface area contributed by atoms with E-state index >= 15 is 0 Å². The second-order valence-corrected chi connectivity index (χ2v) is 5.72. The molecule has 1 saturated heterocycles. The lowest BCUT2D eigenvalue weighted by Gasteiger charge is -2.00. The summed E-state index contributed by atoms with van der Waals surface area (Å²) in [5.41, 5.74) is 0. The van der Waals surface area contributed by atoms with Gasteiger partial charge in [0.05, 0.1) is 5.75 Å². The summed E-state index contributed by atoms with van der Waals surface area (Å²) in [7, 11) is -5.56. The molecule has 0 aromatic rings. The zero-order valence-electron chi connectivity index (χ0n) is 8.33. The van der Waals surface area contributed by atoms with Gasteiger partial charge in [-0.05, 0) is 12.8 Å². The lowest BCUT2D eigenvalue weighted by atomic mass is 10.4. The van der Waals surface area contributed by atoms with E-state index in [1.807, 2.05) is 0 Å². The van der Waals surface area contributed by atoms with Gasteiger partial charge in [0.15, 0.2) is 0 Å². The van der Waals surface area contributed by atoms with Crippen molar-refractivity contribution in [2.75, 3.05) is 18.8 Å². The van der Waals surface area contributed by atoms with Crippen molar-refractivity contribution in [3.05, 3.63) is 12.7 Å². The van der Waals surface area contributed by atoms with Gasteiger partial charge in [0.1, 0.15) is 0 Å². The zero-order valence-corrected chi connectivity index (χ0v) is 10.0. The van der Waals surface area contributed by atoms with Crippen LogP contribution in [0.2, 0.25) is 0 Å². The van der Waals surface area contributed by atoms with Crippen molar-refractivity contribution in [2.24, 2.45) is 5.14 Å². The maximum absolute atomic E-state index is 10.2. The van der Waals surface area contributed by atoms with Crippen LogP contribution in [0, 0.1) is 0 Å². The minimum atomic E-state index is -3.29. The molecule has 0 spiro atoms. The van der Waals surface area contributed by atoms with Crippen LogP contribution in [0.4, 0.5) is 0 Å². The highest BCUT2D eigenvalue weighted by Crippen LogP contribution is 2.05. The summed E-state index contributed by atoms with van der Waals surface area (Å²) < 4.78 is 41.7. The number of thiol groups is 1. The highest BCUT2D eigenvalue weighted by molar-refractivity contribution is 7.89. The van der Waals surface area contributed by atoms with E-state index in [4.69, 9.17) is 0 Å². The van der Waals surface area contributed by atoms with E-state index in [2.05, 4.69) is 11.7 Å². The van der Waals surface area contributed by atoms with Gasteiger partial charge in [-0.3, -0.25) is 0 Å². The fourth-order valence-corrected chi connectivity index (χ4v) is 1.97. The zero-order chi connectivity index (χ0) is 11.9. The van der Waals surface area contributed by atoms with E-state index in [1.54, 1.807) is 0 Å². The molecule has 0 aliphatic carbocycles. The van der Waals surface area contributed by atoms with E-state index in [0.29, 0.717) is 0 Å². The molecule has 0 atom stereocenters. The monoisotopic (exact) mass is 256 g/mol. The fourth-order valence-electron chi connectivity index (χ4n) is 1.03. The van der Waals surface area contributed by atoms with Gasteiger partial charge >= 0.3 is 0 Å². The Balaban J connectivity index is 0.000000265. The van der Waals surface area contributed by atoms with Crippen molar-refractivity contribution in [1.82, 2.24) is 4.31 Å². The third-order valence-electron chi connectivity index (χ3n) is 1.66. The Morgan fingerprint density at radius 1 is 1.33 bits per heavy atom. The first-order chi connectivity index (χ1) is 6.87. The van der Waals surface area contributed by atoms with Crippen molar-refractivity contribution >= 4 is 20.9 Å². The van der Waals surface area contributed by atoms with Crippen LogP contribution >= 0.6 is 0 Å². The second kappa shape index (κ2) is 6.94. The molecule has 0 radical (unpaired) electrons. The lowest BCUT2D eigenvalue weighted by molar-refractivity contribution is 0.498. The van der Waals surface area contributed by atoms with E-state index in [1.165, 1.54) is 10.4 Å². The average Bonchev–Trinajstić information content (AvgIpc) is 2.53. The predicted molar refractivity (Wildman–Crippen MR) is 59.3 cm³/mol. The Bertz CT molecular complexity index is 347. The van der Waals surface area contributed by atoms with Crippen molar-refractivity contribution in [1.29, 1.82) is 0 Å². The maximum atomic E-state index is 10.2. The van der Waals surface area contributed by atoms with Gasteiger partial charge in [-0.15, -0.1) is 6.58 Å². The van der Waals surface area contributed by atoms with Crippen LogP contribution in [-0.2, 0) is 20.9 Å². The molecule has 2 N–H and O–H groups in total. The fraction of sp³-hybridized carbons (Fsp3) is 0.714. The smallest absolute Gasteiger partial charge is 0.212 e. The van der Waals surface area contributed by atoms with Gasteiger partial charge < -0.3 is 0 Å². The summed E-state index contributed by atoms with van der Waals surface area (Å²) in [5, 5.41) is 4.55. The minimum Gasteiger partial charge on any atom is -0.228 e. The van der Waals surface area contributed by atoms with Gasteiger partial charge in [-0.25, -0.2) is 26.3 Å². The summed E-state index contributed by atoms with van der Waals surface area (Å²) in [6.07, 6.45) is 3.31. The summed E-state index contributed by atoms with van der Waals surface area (Å²) in [6.45, 7) is 4.66. The first kappa shape index (κ1) is 14.6. The largest absolute Gasteiger partial charge is 0.228 e. The van der Waals surface area contributed by atoms with Gasteiger partial charge in [0, 0.05) is 13.1 Å². The number of hydrogen-bond acceptors (Lipinski definition) is 4. The SMILES string of the molecule is C=CCS(N)(=O)=O.O=[SH](=O)N1CCCC1. The predicted octanol–water partition coefficient (Wildman–Crippen LogP) is -0.930. The minimum absolute atomic E-state index is 0.146. The van der Waals surface area contributed by atoms with E-state index in [-0.39, 0.29) is 5.75 Å². The first-order valence-corrected chi connectivity index (χ1v) is 7.22. The summed E-state index contributed by atoms with van der Waals surface area (Å²) in [6, 6.07) is 0. The molecule has 0 aromatic carbocycles. The van der Waals surface area contributed by atoms with Gasteiger partial charge in [0.2, 0.25) is 20.9 Å². The number of sulfonamides is 1. The third-order valence-corrected chi connectivity index (χ3v) is 3.23. The molecule has 1 fully saturated rings.